The van der Waals surface area contributed by atoms with Crippen LogP contribution in [0.5, 0.6) is 0 Å². The predicted octanol–water partition coefficient (Wildman–Crippen LogP) is 1.40. The summed E-state index contributed by atoms with van der Waals surface area (Å²) in [6.45, 7) is 0.880. The Labute approximate surface area is 77.8 Å². The largest absolute Gasteiger partial charge is 0.350 e. The maximum atomic E-state index is 12.5. The zero-order valence-electron chi connectivity index (χ0n) is 6.24. The van der Waals surface area contributed by atoms with Gasteiger partial charge in [-0.25, -0.2) is 14.4 Å². The number of hydrogen-bond donors (Lipinski definition) is 0. The van der Waals surface area contributed by atoms with Crippen LogP contribution in [-0.2, 0) is 0 Å². The number of anilines is 1. The number of alkyl halides is 1. The monoisotopic (exact) mass is 231 g/mol. The number of nitrogens with zero attached hydrogens (tertiary/aromatic N) is 3. The van der Waals surface area contributed by atoms with Crippen LogP contribution in [0.1, 0.15) is 0 Å². The smallest absolute Gasteiger partial charge is 0.146 e. The van der Waals surface area contributed by atoms with E-state index < -0.39 is 6.17 Å². The second-order valence-electron chi connectivity index (χ2n) is 2.70. The van der Waals surface area contributed by atoms with E-state index in [9.17, 15) is 4.39 Å². The Bertz CT molecular complexity index is 288. The summed E-state index contributed by atoms with van der Waals surface area (Å²) in [5.74, 6) is 0.777. The van der Waals surface area contributed by atoms with E-state index >= 15 is 0 Å². The molecule has 0 amide bonds. The van der Waals surface area contributed by atoms with E-state index in [2.05, 4.69) is 25.9 Å². The molecule has 2 rings (SSSR count). The summed E-state index contributed by atoms with van der Waals surface area (Å²) in [7, 11) is 0. The first-order valence-electron chi connectivity index (χ1n) is 3.62. The first kappa shape index (κ1) is 7.91. The Kier molecular flexibility index (Phi) is 1.96. The van der Waals surface area contributed by atoms with Crippen LogP contribution in [0.25, 0.3) is 0 Å². The van der Waals surface area contributed by atoms with Crippen molar-refractivity contribution in [3.63, 3.8) is 0 Å². The minimum absolute atomic E-state index is 0.440. The molecule has 1 aliphatic rings. The predicted molar refractivity (Wildman–Crippen MR) is 46.8 cm³/mol. The third-order valence-corrected chi connectivity index (χ3v) is 2.34. The van der Waals surface area contributed by atoms with E-state index in [0.717, 1.165) is 10.3 Å². The molecule has 1 aliphatic heterocycles. The minimum Gasteiger partial charge on any atom is -0.350 e. The number of hydrogen-bond acceptors (Lipinski definition) is 3. The highest BCUT2D eigenvalue weighted by Crippen LogP contribution is 2.26. The molecule has 0 saturated carbocycles. The van der Waals surface area contributed by atoms with Gasteiger partial charge in [0.2, 0.25) is 0 Å². The lowest BCUT2D eigenvalue weighted by molar-refractivity contribution is 0.273. The third kappa shape index (κ3) is 1.29. The first-order valence-corrected chi connectivity index (χ1v) is 4.41. The lowest BCUT2D eigenvalue weighted by Gasteiger charge is -2.35. The molecular weight excluding hydrogens is 225 g/mol. The molecule has 1 aromatic rings. The van der Waals surface area contributed by atoms with Crippen LogP contribution in [0.3, 0.4) is 0 Å². The van der Waals surface area contributed by atoms with Gasteiger partial charge in [0.15, 0.2) is 0 Å². The van der Waals surface area contributed by atoms with Crippen LogP contribution < -0.4 is 4.90 Å². The molecular formula is C7H7BrFN3. The van der Waals surface area contributed by atoms with Gasteiger partial charge in [0.25, 0.3) is 0 Å². The summed E-state index contributed by atoms with van der Waals surface area (Å²) in [6.07, 6.45) is 2.42. The van der Waals surface area contributed by atoms with E-state index in [0.29, 0.717) is 13.1 Å². The summed E-state index contributed by atoms with van der Waals surface area (Å²) >= 11 is 3.30. The zero-order valence-corrected chi connectivity index (χ0v) is 7.83. The molecule has 0 aliphatic carbocycles. The van der Waals surface area contributed by atoms with Crippen molar-refractivity contribution in [1.82, 2.24) is 9.97 Å². The highest BCUT2D eigenvalue weighted by molar-refractivity contribution is 9.10. The molecule has 12 heavy (non-hydrogen) atoms. The van der Waals surface area contributed by atoms with E-state index in [1.165, 1.54) is 6.33 Å². The highest BCUT2D eigenvalue weighted by atomic mass is 79.9. The minimum atomic E-state index is -0.702. The van der Waals surface area contributed by atoms with Crippen LogP contribution >= 0.6 is 15.9 Å². The van der Waals surface area contributed by atoms with Gasteiger partial charge >= 0.3 is 0 Å². The van der Waals surface area contributed by atoms with Gasteiger partial charge in [0.05, 0.1) is 17.6 Å². The second kappa shape index (κ2) is 2.97. The number of halogens is 2. The number of rotatable bonds is 1. The van der Waals surface area contributed by atoms with Gasteiger partial charge in [-0.05, 0) is 15.9 Å². The Balaban J connectivity index is 2.18. The van der Waals surface area contributed by atoms with E-state index in [1.807, 2.05) is 4.90 Å². The topological polar surface area (TPSA) is 29.0 Å². The fourth-order valence-corrected chi connectivity index (χ4v) is 1.61. The molecule has 1 fully saturated rings. The molecule has 0 radical (unpaired) electrons. The molecule has 0 atom stereocenters. The average Bonchev–Trinajstić information content (AvgIpc) is 2.01. The molecule has 2 heterocycles. The molecule has 64 valence electrons. The van der Waals surface area contributed by atoms with Crippen LogP contribution in [0.4, 0.5) is 10.2 Å². The zero-order chi connectivity index (χ0) is 8.55. The van der Waals surface area contributed by atoms with Crippen molar-refractivity contribution in [2.45, 2.75) is 6.17 Å². The molecule has 0 bridgehead atoms. The molecule has 0 unspecified atom stereocenters. The van der Waals surface area contributed by atoms with Crippen molar-refractivity contribution < 1.29 is 4.39 Å². The van der Waals surface area contributed by atoms with E-state index in [-0.39, 0.29) is 0 Å². The summed E-state index contributed by atoms with van der Waals surface area (Å²) in [5.41, 5.74) is 0. The van der Waals surface area contributed by atoms with Gasteiger partial charge in [-0.3, -0.25) is 0 Å². The van der Waals surface area contributed by atoms with E-state index in [1.54, 1.807) is 6.20 Å². The lowest BCUT2D eigenvalue weighted by Crippen LogP contribution is -2.49. The molecule has 5 heteroatoms. The van der Waals surface area contributed by atoms with Crippen LogP contribution in [0, 0.1) is 0 Å². The van der Waals surface area contributed by atoms with Gasteiger partial charge in [-0.2, -0.15) is 0 Å². The molecule has 0 spiro atoms. The van der Waals surface area contributed by atoms with Crippen molar-refractivity contribution in [2.75, 3.05) is 18.0 Å². The quantitative estimate of drug-likeness (QED) is 0.732. The van der Waals surface area contributed by atoms with Gasteiger partial charge in [0, 0.05) is 6.20 Å². The maximum absolute atomic E-state index is 12.5. The van der Waals surface area contributed by atoms with Crippen molar-refractivity contribution in [2.24, 2.45) is 0 Å². The van der Waals surface area contributed by atoms with Crippen molar-refractivity contribution >= 4 is 21.7 Å². The normalized spacial score (nSPS) is 17.7. The van der Waals surface area contributed by atoms with Gasteiger partial charge in [0.1, 0.15) is 18.3 Å². The van der Waals surface area contributed by atoms with Crippen LogP contribution in [0.15, 0.2) is 17.0 Å². The fourth-order valence-electron chi connectivity index (χ4n) is 1.14. The van der Waals surface area contributed by atoms with Gasteiger partial charge < -0.3 is 4.90 Å². The Morgan fingerprint density at radius 1 is 1.58 bits per heavy atom. The average molecular weight is 232 g/mol. The van der Waals surface area contributed by atoms with Crippen LogP contribution in [0.2, 0.25) is 0 Å². The lowest BCUT2D eigenvalue weighted by atomic mass is 10.2. The molecule has 1 aromatic heterocycles. The fraction of sp³-hybridized carbons (Fsp3) is 0.429. The van der Waals surface area contributed by atoms with Crippen molar-refractivity contribution in [3.05, 3.63) is 17.0 Å². The third-order valence-electron chi connectivity index (χ3n) is 1.78. The molecule has 0 N–H and O–H groups in total. The molecule has 1 saturated heterocycles. The first-order chi connectivity index (χ1) is 5.77. The Morgan fingerprint density at radius 3 is 2.92 bits per heavy atom. The summed E-state index contributed by atoms with van der Waals surface area (Å²) in [4.78, 5) is 9.73. The Hall–Kier alpha value is -0.710. The highest BCUT2D eigenvalue weighted by Gasteiger charge is 2.28. The summed E-state index contributed by atoms with van der Waals surface area (Å²) in [6, 6.07) is 0. The van der Waals surface area contributed by atoms with E-state index in [4.69, 9.17) is 0 Å². The van der Waals surface area contributed by atoms with Gasteiger partial charge in [-0.1, -0.05) is 0 Å². The summed E-state index contributed by atoms with van der Waals surface area (Å²) < 4.78 is 13.3. The summed E-state index contributed by atoms with van der Waals surface area (Å²) in [5, 5.41) is 0. The standard InChI is InChI=1S/C7H7BrFN3/c8-6-1-10-4-11-7(6)12-2-5(9)3-12/h1,4-5H,2-3H2. The number of aromatic nitrogens is 2. The van der Waals surface area contributed by atoms with Crippen LogP contribution in [-0.4, -0.2) is 29.2 Å². The van der Waals surface area contributed by atoms with Crippen molar-refractivity contribution in [3.8, 4) is 0 Å². The van der Waals surface area contributed by atoms with Crippen molar-refractivity contribution in [1.29, 1.82) is 0 Å². The molecule has 3 nitrogen and oxygen atoms in total. The SMILES string of the molecule is FC1CN(c2ncncc2Br)C1. The van der Waals surface area contributed by atoms with Gasteiger partial charge in [-0.15, -0.1) is 0 Å². The maximum Gasteiger partial charge on any atom is 0.146 e. The second-order valence-corrected chi connectivity index (χ2v) is 3.55. The Morgan fingerprint density at radius 2 is 2.33 bits per heavy atom. The molecule has 0 aromatic carbocycles.